The summed E-state index contributed by atoms with van der Waals surface area (Å²) in [4.78, 5) is 23.1. The fourth-order valence-electron chi connectivity index (χ4n) is 1.61. The van der Waals surface area contributed by atoms with Gasteiger partial charge in [-0.25, -0.2) is 9.48 Å². The second-order valence-corrected chi connectivity index (χ2v) is 6.31. The van der Waals surface area contributed by atoms with E-state index in [-0.39, 0.29) is 18.1 Å². The second kappa shape index (κ2) is 6.21. The molecule has 3 amide bonds. The van der Waals surface area contributed by atoms with E-state index in [2.05, 4.69) is 47.0 Å². The lowest BCUT2D eigenvalue weighted by Gasteiger charge is -2.19. The molecule has 0 aliphatic heterocycles. The van der Waals surface area contributed by atoms with Gasteiger partial charge >= 0.3 is 6.03 Å². The van der Waals surface area contributed by atoms with Crippen LogP contribution in [0.3, 0.4) is 0 Å². The summed E-state index contributed by atoms with van der Waals surface area (Å²) in [7, 11) is 0. The maximum absolute atomic E-state index is 11.7. The predicted molar refractivity (Wildman–Crippen MR) is 76.3 cm³/mol. The standard InChI is InChI=1S/C13H22N6O2/c1-13(2,3)14-6-10-7-19(18-17-10)8-11(20)16-12(21)15-9-4-5-9/h7,9,14H,4-6,8H2,1-3H3,(H2,15,16,20,21). The monoisotopic (exact) mass is 294 g/mol. The third-order valence-corrected chi connectivity index (χ3v) is 2.86. The molecule has 1 aromatic rings. The maximum Gasteiger partial charge on any atom is 0.321 e. The van der Waals surface area contributed by atoms with E-state index < -0.39 is 11.9 Å². The molecule has 1 aliphatic carbocycles. The molecule has 0 atom stereocenters. The van der Waals surface area contributed by atoms with Gasteiger partial charge in [-0.05, 0) is 33.6 Å². The van der Waals surface area contributed by atoms with Crippen LogP contribution < -0.4 is 16.0 Å². The lowest BCUT2D eigenvalue weighted by Crippen LogP contribution is -2.41. The van der Waals surface area contributed by atoms with Gasteiger partial charge in [0.25, 0.3) is 0 Å². The summed E-state index contributed by atoms with van der Waals surface area (Å²) in [5, 5.41) is 16.1. The van der Waals surface area contributed by atoms with Crippen molar-refractivity contribution in [2.24, 2.45) is 0 Å². The van der Waals surface area contributed by atoms with Gasteiger partial charge in [-0.15, -0.1) is 5.10 Å². The van der Waals surface area contributed by atoms with E-state index in [9.17, 15) is 9.59 Å². The Hall–Kier alpha value is -1.96. The molecule has 21 heavy (non-hydrogen) atoms. The summed E-state index contributed by atoms with van der Waals surface area (Å²) in [5.74, 6) is -0.409. The largest absolute Gasteiger partial charge is 0.335 e. The minimum absolute atomic E-state index is 0.0119. The highest BCUT2D eigenvalue weighted by Crippen LogP contribution is 2.18. The molecule has 3 N–H and O–H groups in total. The first kappa shape index (κ1) is 15.4. The Morgan fingerprint density at radius 1 is 1.38 bits per heavy atom. The Kier molecular flexibility index (Phi) is 4.56. The van der Waals surface area contributed by atoms with E-state index in [0.29, 0.717) is 6.54 Å². The molecule has 0 unspecified atom stereocenters. The topological polar surface area (TPSA) is 101 Å². The lowest BCUT2D eigenvalue weighted by molar-refractivity contribution is -0.120. The molecule has 8 heteroatoms. The van der Waals surface area contributed by atoms with Crippen LogP contribution in [0, 0.1) is 0 Å². The van der Waals surface area contributed by atoms with Crippen molar-refractivity contribution in [1.29, 1.82) is 0 Å². The Morgan fingerprint density at radius 3 is 2.71 bits per heavy atom. The molecular formula is C13H22N6O2. The number of rotatable bonds is 5. The molecule has 0 bridgehead atoms. The number of hydrogen-bond donors (Lipinski definition) is 3. The summed E-state index contributed by atoms with van der Waals surface area (Å²) in [6.07, 6.45) is 3.65. The van der Waals surface area contributed by atoms with Crippen LogP contribution in [0.1, 0.15) is 39.3 Å². The molecule has 116 valence electrons. The fraction of sp³-hybridized carbons (Fsp3) is 0.692. The van der Waals surface area contributed by atoms with Gasteiger partial charge in [0.2, 0.25) is 5.91 Å². The zero-order valence-corrected chi connectivity index (χ0v) is 12.6. The number of carbonyl (C=O) groups is 2. The van der Waals surface area contributed by atoms with Crippen LogP contribution >= 0.6 is 0 Å². The quantitative estimate of drug-likeness (QED) is 0.718. The van der Waals surface area contributed by atoms with Crippen LogP contribution in [-0.2, 0) is 17.9 Å². The summed E-state index contributed by atoms with van der Waals surface area (Å²) >= 11 is 0. The summed E-state index contributed by atoms with van der Waals surface area (Å²) in [6.45, 7) is 6.73. The van der Waals surface area contributed by atoms with Crippen molar-refractivity contribution in [1.82, 2.24) is 30.9 Å². The average molecular weight is 294 g/mol. The molecule has 8 nitrogen and oxygen atoms in total. The summed E-state index contributed by atoms with van der Waals surface area (Å²) in [5.41, 5.74) is 0.738. The van der Waals surface area contributed by atoms with E-state index in [1.807, 2.05) is 0 Å². The normalized spacial score (nSPS) is 14.8. The summed E-state index contributed by atoms with van der Waals surface area (Å²) < 4.78 is 1.42. The fourth-order valence-corrected chi connectivity index (χ4v) is 1.61. The van der Waals surface area contributed by atoms with Crippen molar-refractivity contribution in [3.05, 3.63) is 11.9 Å². The molecule has 1 saturated carbocycles. The van der Waals surface area contributed by atoms with Crippen LogP contribution in [0.25, 0.3) is 0 Å². The molecule has 1 fully saturated rings. The molecule has 0 aromatic carbocycles. The maximum atomic E-state index is 11.7. The molecular weight excluding hydrogens is 272 g/mol. The minimum Gasteiger partial charge on any atom is -0.335 e. The first-order valence-corrected chi connectivity index (χ1v) is 7.06. The van der Waals surface area contributed by atoms with Gasteiger partial charge in [-0.3, -0.25) is 10.1 Å². The number of nitrogens with zero attached hydrogens (tertiary/aromatic N) is 3. The van der Waals surface area contributed by atoms with E-state index >= 15 is 0 Å². The number of imide groups is 1. The average Bonchev–Trinajstić information content (AvgIpc) is 3.03. The smallest absolute Gasteiger partial charge is 0.321 e. The molecule has 1 heterocycles. The number of nitrogens with one attached hydrogen (secondary N) is 3. The van der Waals surface area contributed by atoms with Crippen molar-refractivity contribution < 1.29 is 9.59 Å². The Balaban J connectivity index is 1.75. The van der Waals surface area contributed by atoms with Gasteiger partial charge in [0, 0.05) is 18.1 Å². The van der Waals surface area contributed by atoms with Gasteiger partial charge in [-0.1, -0.05) is 5.21 Å². The predicted octanol–water partition coefficient (Wildman–Crippen LogP) is 0.154. The highest BCUT2D eigenvalue weighted by atomic mass is 16.2. The third kappa shape index (κ3) is 5.90. The first-order valence-electron chi connectivity index (χ1n) is 7.06. The van der Waals surface area contributed by atoms with Gasteiger partial charge in [0.05, 0.1) is 11.9 Å². The third-order valence-electron chi connectivity index (χ3n) is 2.86. The molecule has 1 aliphatic rings. The van der Waals surface area contributed by atoms with Crippen LogP contribution in [0.4, 0.5) is 4.79 Å². The number of aromatic nitrogens is 3. The molecule has 0 radical (unpaired) electrons. The van der Waals surface area contributed by atoms with Crippen LogP contribution in [-0.4, -0.2) is 38.5 Å². The second-order valence-electron chi connectivity index (χ2n) is 6.31. The van der Waals surface area contributed by atoms with Crippen molar-refractivity contribution >= 4 is 11.9 Å². The van der Waals surface area contributed by atoms with Crippen molar-refractivity contribution in [2.45, 2.75) is 58.3 Å². The van der Waals surface area contributed by atoms with Crippen molar-refractivity contribution in [3.63, 3.8) is 0 Å². The van der Waals surface area contributed by atoms with Gasteiger partial charge in [0.15, 0.2) is 0 Å². The van der Waals surface area contributed by atoms with E-state index in [1.165, 1.54) is 4.68 Å². The zero-order valence-electron chi connectivity index (χ0n) is 12.6. The Labute approximate surface area is 123 Å². The molecule has 0 saturated heterocycles. The minimum atomic E-state index is -0.447. The van der Waals surface area contributed by atoms with Gasteiger partial charge in [-0.2, -0.15) is 0 Å². The van der Waals surface area contributed by atoms with Crippen LogP contribution in [0.15, 0.2) is 6.20 Å². The lowest BCUT2D eigenvalue weighted by atomic mass is 10.1. The van der Waals surface area contributed by atoms with Crippen molar-refractivity contribution in [3.8, 4) is 0 Å². The first-order chi connectivity index (χ1) is 9.82. The Bertz CT molecular complexity index is 515. The van der Waals surface area contributed by atoms with Gasteiger partial charge in [0.1, 0.15) is 6.54 Å². The highest BCUT2D eigenvalue weighted by molar-refractivity contribution is 5.94. The zero-order chi connectivity index (χ0) is 15.5. The van der Waals surface area contributed by atoms with Crippen LogP contribution in [0.5, 0.6) is 0 Å². The van der Waals surface area contributed by atoms with Crippen LogP contribution in [0.2, 0.25) is 0 Å². The Morgan fingerprint density at radius 2 is 2.10 bits per heavy atom. The number of carbonyl (C=O) groups excluding carboxylic acids is 2. The number of hydrogen-bond acceptors (Lipinski definition) is 5. The summed E-state index contributed by atoms with van der Waals surface area (Å²) in [6, 6.07) is -0.225. The number of urea groups is 1. The van der Waals surface area contributed by atoms with E-state index in [1.54, 1.807) is 6.20 Å². The van der Waals surface area contributed by atoms with E-state index in [0.717, 1.165) is 18.5 Å². The molecule has 0 spiro atoms. The number of amides is 3. The highest BCUT2D eigenvalue weighted by Gasteiger charge is 2.24. The van der Waals surface area contributed by atoms with E-state index in [4.69, 9.17) is 0 Å². The van der Waals surface area contributed by atoms with Gasteiger partial charge < -0.3 is 10.6 Å². The van der Waals surface area contributed by atoms with Crippen molar-refractivity contribution in [2.75, 3.05) is 0 Å². The molecule has 2 rings (SSSR count). The SMILES string of the molecule is CC(C)(C)NCc1cn(CC(=O)NC(=O)NC2CC2)nn1. The molecule has 1 aromatic heterocycles.